The van der Waals surface area contributed by atoms with Crippen LogP contribution in [-0.2, 0) is 9.59 Å². The number of amides is 3. The van der Waals surface area contributed by atoms with Crippen LogP contribution in [0.2, 0.25) is 0 Å². The Morgan fingerprint density at radius 3 is 2.52 bits per heavy atom. The fraction of sp³-hybridized carbons (Fsp3) is 0.0952. The highest BCUT2D eigenvalue weighted by Crippen LogP contribution is 2.30. The summed E-state index contributed by atoms with van der Waals surface area (Å²) in [4.78, 5) is 38.0. The Morgan fingerprint density at radius 2 is 1.78 bits per heavy atom. The summed E-state index contributed by atoms with van der Waals surface area (Å²) in [6, 6.07) is 17.0. The molecular formula is C21H18N2O3S. The summed E-state index contributed by atoms with van der Waals surface area (Å²) in [6.07, 6.45) is 5.16. The highest BCUT2D eigenvalue weighted by Gasteiger charge is 2.35. The van der Waals surface area contributed by atoms with Crippen LogP contribution in [0.25, 0.3) is 6.08 Å². The second-order valence-electron chi connectivity index (χ2n) is 5.92. The minimum absolute atomic E-state index is 0.302. The lowest BCUT2D eigenvalue weighted by Crippen LogP contribution is -2.36. The minimum atomic E-state index is -0.456. The Labute approximate surface area is 161 Å². The number of para-hydroxylation sites is 1. The van der Waals surface area contributed by atoms with Gasteiger partial charge in [0.1, 0.15) is 6.54 Å². The van der Waals surface area contributed by atoms with Crippen LogP contribution in [0.4, 0.5) is 10.5 Å². The number of imide groups is 1. The Kier molecular flexibility index (Phi) is 5.88. The first-order chi connectivity index (χ1) is 13.0. The number of benzene rings is 2. The van der Waals surface area contributed by atoms with Gasteiger partial charge in [-0.3, -0.25) is 19.3 Å². The third kappa shape index (κ3) is 4.74. The zero-order valence-corrected chi connectivity index (χ0v) is 15.5. The van der Waals surface area contributed by atoms with Crippen LogP contribution in [0.15, 0.2) is 71.7 Å². The van der Waals surface area contributed by atoms with Crippen molar-refractivity contribution in [2.75, 3.05) is 11.9 Å². The molecule has 27 heavy (non-hydrogen) atoms. The van der Waals surface area contributed by atoms with Crippen molar-refractivity contribution in [1.82, 2.24) is 4.90 Å². The average molecular weight is 378 g/mol. The van der Waals surface area contributed by atoms with Crippen molar-refractivity contribution < 1.29 is 14.4 Å². The molecule has 3 rings (SSSR count). The molecule has 1 aliphatic rings. The van der Waals surface area contributed by atoms with E-state index in [1.54, 1.807) is 18.2 Å². The van der Waals surface area contributed by atoms with E-state index in [-0.39, 0.29) is 6.54 Å². The van der Waals surface area contributed by atoms with Gasteiger partial charge in [0.05, 0.1) is 4.91 Å². The predicted molar refractivity (Wildman–Crippen MR) is 108 cm³/mol. The largest absolute Gasteiger partial charge is 0.324 e. The summed E-state index contributed by atoms with van der Waals surface area (Å²) in [5.74, 6) is -0.865. The SMILES string of the molecule is Cc1ccccc1NC(=O)CN1C(=O)S/C(=C/C=C/c2ccccc2)C1=O. The second kappa shape index (κ2) is 8.51. The summed E-state index contributed by atoms with van der Waals surface area (Å²) < 4.78 is 0. The predicted octanol–water partition coefficient (Wildman–Crippen LogP) is 4.23. The Morgan fingerprint density at radius 1 is 1.07 bits per heavy atom. The van der Waals surface area contributed by atoms with Gasteiger partial charge in [-0.25, -0.2) is 0 Å². The number of nitrogens with one attached hydrogen (secondary N) is 1. The van der Waals surface area contributed by atoms with Gasteiger partial charge in [-0.2, -0.15) is 0 Å². The number of hydrogen-bond acceptors (Lipinski definition) is 4. The molecule has 0 aliphatic carbocycles. The molecule has 2 aromatic carbocycles. The fourth-order valence-corrected chi connectivity index (χ4v) is 3.30. The van der Waals surface area contributed by atoms with Crippen molar-refractivity contribution in [3.8, 4) is 0 Å². The minimum Gasteiger partial charge on any atom is -0.324 e. The van der Waals surface area contributed by atoms with Gasteiger partial charge in [0.2, 0.25) is 5.91 Å². The molecule has 5 nitrogen and oxygen atoms in total. The monoisotopic (exact) mass is 378 g/mol. The van der Waals surface area contributed by atoms with E-state index in [4.69, 9.17) is 0 Å². The molecule has 0 bridgehead atoms. The maximum absolute atomic E-state index is 12.4. The molecule has 0 spiro atoms. The van der Waals surface area contributed by atoms with Gasteiger partial charge >= 0.3 is 0 Å². The molecule has 1 heterocycles. The van der Waals surface area contributed by atoms with Crippen LogP contribution < -0.4 is 5.32 Å². The van der Waals surface area contributed by atoms with Crippen molar-refractivity contribution >= 4 is 40.6 Å². The van der Waals surface area contributed by atoms with Crippen LogP contribution >= 0.6 is 11.8 Å². The molecule has 0 aromatic heterocycles. The van der Waals surface area contributed by atoms with Gasteiger partial charge in [0.25, 0.3) is 11.1 Å². The molecule has 0 unspecified atom stereocenters. The second-order valence-corrected chi connectivity index (χ2v) is 6.92. The summed E-state index contributed by atoms with van der Waals surface area (Å²) in [5.41, 5.74) is 2.56. The molecule has 2 aromatic rings. The molecule has 3 amide bonds. The molecule has 0 saturated carbocycles. The van der Waals surface area contributed by atoms with Crippen LogP contribution in [0, 0.1) is 6.92 Å². The quantitative estimate of drug-likeness (QED) is 0.791. The highest BCUT2D eigenvalue weighted by molar-refractivity contribution is 8.18. The highest BCUT2D eigenvalue weighted by atomic mass is 32.2. The maximum Gasteiger partial charge on any atom is 0.294 e. The molecular weight excluding hydrogens is 360 g/mol. The molecule has 1 fully saturated rings. The number of anilines is 1. The van der Waals surface area contributed by atoms with Crippen molar-refractivity contribution in [2.24, 2.45) is 0 Å². The molecule has 0 atom stereocenters. The Bertz CT molecular complexity index is 935. The van der Waals surface area contributed by atoms with Crippen LogP contribution in [0.3, 0.4) is 0 Å². The lowest BCUT2D eigenvalue weighted by Gasteiger charge is -2.13. The zero-order chi connectivity index (χ0) is 19.2. The first kappa shape index (κ1) is 18.7. The van der Waals surface area contributed by atoms with E-state index in [0.717, 1.165) is 27.8 Å². The maximum atomic E-state index is 12.4. The van der Waals surface area contributed by atoms with E-state index in [0.29, 0.717) is 10.6 Å². The van der Waals surface area contributed by atoms with Gasteiger partial charge in [-0.05, 0) is 42.0 Å². The summed E-state index contributed by atoms with van der Waals surface area (Å²) in [5, 5.41) is 2.28. The van der Waals surface area contributed by atoms with Gasteiger partial charge in [0.15, 0.2) is 0 Å². The van der Waals surface area contributed by atoms with Gasteiger partial charge in [-0.1, -0.05) is 60.7 Å². The molecule has 1 N–H and O–H groups in total. The molecule has 6 heteroatoms. The van der Waals surface area contributed by atoms with Crippen molar-refractivity contribution in [3.63, 3.8) is 0 Å². The first-order valence-corrected chi connectivity index (χ1v) is 9.19. The van der Waals surface area contributed by atoms with E-state index in [1.165, 1.54) is 0 Å². The lowest BCUT2D eigenvalue weighted by atomic mass is 10.2. The van der Waals surface area contributed by atoms with Gasteiger partial charge in [-0.15, -0.1) is 0 Å². The Hall–Kier alpha value is -3.12. The number of rotatable bonds is 5. The van der Waals surface area contributed by atoms with Gasteiger partial charge in [0, 0.05) is 5.69 Å². The van der Waals surface area contributed by atoms with E-state index in [1.807, 2.05) is 61.5 Å². The summed E-state index contributed by atoms with van der Waals surface area (Å²) in [6.45, 7) is 1.57. The van der Waals surface area contributed by atoms with Crippen LogP contribution in [-0.4, -0.2) is 28.5 Å². The van der Waals surface area contributed by atoms with Crippen LogP contribution in [0.1, 0.15) is 11.1 Å². The van der Waals surface area contributed by atoms with Crippen molar-refractivity contribution in [3.05, 3.63) is 82.8 Å². The topological polar surface area (TPSA) is 66.5 Å². The average Bonchev–Trinajstić information content (AvgIpc) is 2.92. The molecule has 1 aliphatic heterocycles. The number of hydrogen-bond donors (Lipinski definition) is 1. The normalized spacial score (nSPS) is 15.7. The van der Waals surface area contributed by atoms with E-state index >= 15 is 0 Å². The third-order valence-electron chi connectivity index (χ3n) is 3.93. The third-order valence-corrected chi connectivity index (χ3v) is 4.86. The number of carbonyl (C=O) groups is 3. The molecule has 136 valence electrons. The summed E-state index contributed by atoms with van der Waals surface area (Å²) >= 11 is 0.836. The smallest absolute Gasteiger partial charge is 0.294 e. The number of thioether (sulfide) groups is 1. The molecule has 0 radical (unpaired) electrons. The first-order valence-electron chi connectivity index (χ1n) is 8.37. The summed E-state index contributed by atoms with van der Waals surface area (Å²) in [7, 11) is 0. The van der Waals surface area contributed by atoms with Crippen molar-refractivity contribution in [2.45, 2.75) is 6.92 Å². The number of aryl methyl sites for hydroxylation is 1. The van der Waals surface area contributed by atoms with E-state index in [9.17, 15) is 14.4 Å². The van der Waals surface area contributed by atoms with Crippen molar-refractivity contribution in [1.29, 1.82) is 0 Å². The standard InChI is InChI=1S/C21H18N2O3S/c1-15-8-5-6-12-17(15)22-19(24)14-23-20(25)18(27-21(23)26)13-7-11-16-9-3-2-4-10-16/h2-13H,14H2,1H3,(H,22,24)/b11-7+,18-13+. The fourth-order valence-electron chi connectivity index (χ4n) is 2.51. The number of nitrogens with zero attached hydrogens (tertiary/aromatic N) is 1. The van der Waals surface area contributed by atoms with Crippen LogP contribution in [0.5, 0.6) is 0 Å². The zero-order valence-electron chi connectivity index (χ0n) is 14.7. The van der Waals surface area contributed by atoms with E-state index in [2.05, 4.69) is 5.32 Å². The lowest BCUT2D eigenvalue weighted by molar-refractivity contribution is -0.127. The van der Waals surface area contributed by atoms with Gasteiger partial charge < -0.3 is 5.32 Å². The Balaban J connectivity index is 1.63. The number of allylic oxidation sites excluding steroid dienone is 2. The molecule has 1 saturated heterocycles. The van der Waals surface area contributed by atoms with E-state index < -0.39 is 17.1 Å². The number of carbonyl (C=O) groups excluding carboxylic acids is 3.